The van der Waals surface area contributed by atoms with Crippen molar-refractivity contribution in [1.82, 2.24) is 10.6 Å². The summed E-state index contributed by atoms with van der Waals surface area (Å²) in [6.45, 7) is 5.44. The molecule has 1 aliphatic carbocycles. The molecule has 0 spiro atoms. The predicted molar refractivity (Wildman–Crippen MR) is 80.6 cm³/mol. The third kappa shape index (κ3) is 4.05. The largest absolute Gasteiger partial charge is 0.352 e. The molecule has 0 saturated carbocycles. The van der Waals surface area contributed by atoms with Crippen LogP contribution in [0.3, 0.4) is 0 Å². The summed E-state index contributed by atoms with van der Waals surface area (Å²) in [7, 11) is 0. The maximum Gasteiger partial charge on any atom is 0.234 e. The number of amides is 1. The molecule has 1 heterocycles. The van der Waals surface area contributed by atoms with Gasteiger partial charge < -0.3 is 10.6 Å². The molecule has 1 aromatic rings. The van der Waals surface area contributed by atoms with Crippen molar-refractivity contribution in [3.05, 3.63) is 21.4 Å². The molecule has 0 radical (unpaired) electrons. The Morgan fingerprint density at radius 3 is 2.84 bits per heavy atom. The summed E-state index contributed by atoms with van der Waals surface area (Å²) in [6.07, 6.45) is 5.79. The summed E-state index contributed by atoms with van der Waals surface area (Å²) in [4.78, 5) is 14.6. The Balaban J connectivity index is 1.69. The van der Waals surface area contributed by atoms with Gasteiger partial charge in [-0.15, -0.1) is 11.3 Å². The van der Waals surface area contributed by atoms with E-state index in [9.17, 15) is 4.79 Å². The highest BCUT2D eigenvalue weighted by atomic mass is 32.1. The highest BCUT2D eigenvalue weighted by Gasteiger charge is 2.14. The predicted octanol–water partition coefficient (Wildman–Crippen LogP) is 2.63. The van der Waals surface area contributed by atoms with Crippen molar-refractivity contribution in [2.45, 2.75) is 58.5 Å². The Bertz CT molecular complexity index is 402. The summed E-state index contributed by atoms with van der Waals surface area (Å²) < 4.78 is 0. The Hall–Kier alpha value is -0.870. The van der Waals surface area contributed by atoms with Gasteiger partial charge in [0.25, 0.3) is 0 Å². The van der Waals surface area contributed by atoms with E-state index in [1.807, 2.05) is 11.3 Å². The van der Waals surface area contributed by atoms with Gasteiger partial charge in [0.15, 0.2) is 0 Å². The van der Waals surface area contributed by atoms with Crippen LogP contribution in [-0.2, 0) is 24.2 Å². The van der Waals surface area contributed by atoms with E-state index in [4.69, 9.17) is 0 Å². The number of fused-ring (bicyclic) bond motifs is 1. The van der Waals surface area contributed by atoms with E-state index < -0.39 is 0 Å². The van der Waals surface area contributed by atoms with Gasteiger partial charge in [-0.1, -0.05) is 13.8 Å². The lowest BCUT2D eigenvalue weighted by Crippen LogP contribution is -2.39. The lowest BCUT2D eigenvalue weighted by Gasteiger charge is -2.14. The van der Waals surface area contributed by atoms with Crippen LogP contribution in [0.1, 0.15) is 48.4 Å². The van der Waals surface area contributed by atoms with E-state index in [2.05, 4.69) is 30.5 Å². The minimum atomic E-state index is 0.109. The van der Waals surface area contributed by atoms with Crippen LogP contribution in [-0.4, -0.2) is 18.5 Å². The Kier molecular flexibility index (Phi) is 5.40. The molecule has 19 heavy (non-hydrogen) atoms. The lowest BCUT2D eigenvalue weighted by molar-refractivity contribution is -0.121. The number of nitrogens with one attached hydrogen (secondary N) is 2. The highest BCUT2D eigenvalue weighted by molar-refractivity contribution is 7.12. The third-order valence-electron chi connectivity index (χ3n) is 3.73. The second-order valence-corrected chi connectivity index (χ2v) is 6.42. The van der Waals surface area contributed by atoms with Crippen molar-refractivity contribution in [3.63, 3.8) is 0 Å². The van der Waals surface area contributed by atoms with Crippen LogP contribution in [0, 0.1) is 0 Å². The standard InChI is InChI=1S/C15H24N2OS/c1-3-12(4-2)17-15(18)10-16-9-13-8-11-6-5-7-14(11)19-13/h8,12,16H,3-7,9-10H2,1-2H3,(H,17,18). The van der Waals surface area contributed by atoms with Crippen molar-refractivity contribution in [2.75, 3.05) is 6.54 Å². The highest BCUT2D eigenvalue weighted by Crippen LogP contribution is 2.30. The van der Waals surface area contributed by atoms with Gasteiger partial charge in [-0.2, -0.15) is 0 Å². The topological polar surface area (TPSA) is 41.1 Å². The normalized spacial score (nSPS) is 13.8. The summed E-state index contributed by atoms with van der Waals surface area (Å²) in [5, 5.41) is 6.29. The fraction of sp³-hybridized carbons (Fsp3) is 0.667. The van der Waals surface area contributed by atoms with E-state index in [0.29, 0.717) is 12.6 Å². The number of hydrogen-bond acceptors (Lipinski definition) is 3. The molecule has 0 aliphatic heterocycles. The van der Waals surface area contributed by atoms with Crippen molar-refractivity contribution < 1.29 is 4.79 Å². The second kappa shape index (κ2) is 7.06. The quantitative estimate of drug-likeness (QED) is 0.806. The Labute approximate surface area is 119 Å². The summed E-state index contributed by atoms with van der Waals surface area (Å²) in [5.74, 6) is 0.109. The molecule has 2 rings (SSSR count). The molecule has 0 fully saturated rings. The van der Waals surface area contributed by atoms with E-state index in [1.165, 1.54) is 29.7 Å². The molecule has 106 valence electrons. The molecule has 1 aromatic heterocycles. The minimum Gasteiger partial charge on any atom is -0.352 e. The van der Waals surface area contributed by atoms with Crippen LogP contribution in [0.2, 0.25) is 0 Å². The molecule has 4 heteroatoms. The molecular formula is C15H24N2OS. The van der Waals surface area contributed by atoms with Crippen LogP contribution in [0.4, 0.5) is 0 Å². The van der Waals surface area contributed by atoms with Gasteiger partial charge in [0.05, 0.1) is 6.54 Å². The van der Waals surface area contributed by atoms with Crippen molar-refractivity contribution in [3.8, 4) is 0 Å². The first-order chi connectivity index (χ1) is 9.22. The molecule has 1 aliphatic rings. The molecule has 2 N–H and O–H groups in total. The SMILES string of the molecule is CCC(CC)NC(=O)CNCc1cc2c(s1)CCC2. The van der Waals surface area contributed by atoms with Gasteiger partial charge in [0.2, 0.25) is 5.91 Å². The third-order valence-corrected chi connectivity index (χ3v) is 4.97. The first kappa shape index (κ1) is 14.5. The maximum absolute atomic E-state index is 11.7. The van der Waals surface area contributed by atoms with Gasteiger partial charge >= 0.3 is 0 Å². The van der Waals surface area contributed by atoms with Gasteiger partial charge in [-0.3, -0.25) is 4.79 Å². The van der Waals surface area contributed by atoms with E-state index in [-0.39, 0.29) is 5.91 Å². The van der Waals surface area contributed by atoms with Gasteiger partial charge in [0.1, 0.15) is 0 Å². The number of rotatable bonds is 7. The fourth-order valence-corrected chi connectivity index (χ4v) is 3.78. The molecule has 0 unspecified atom stereocenters. The number of hydrogen-bond donors (Lipinski definition) is 2. The average Bonchev–Trinajstić information content (AvgIpc) is 2.96. The Morgan fingerprint density at radius 1 is 1.37 bits per heavy atom. The average molecular weight is 280 g/mol. The van der Waals surface area contributed by atoms with Crippen LogP contribution >= 0.6 is 11.3 Å². The maximum atomic E-state index is 11.7. The second-order valence-electron chi connectivity index (χ2n) is 5.20. The Morgan fingerprint density at radius 2 is 2.16 bits per heavy atom. The van der Waals surface area contributed by atoms with E-state index in [1.54, 1.807) is 4.88 Å². The zero-order valence-electron chi connectivity index (χ0n) is 11.9. The summed E-state index contributed by atoms with van der Waals surface area (Å²) in [5.41, 5.74) is 1.53. The van der Waals surface area contributed by atoms with Crippen LogP contribution in [0.15, 0.2) is 6.07 Å². The van der Waals surface area contributed by atoms with E-state index in [0.717, 1.165) is 19.4 Å². The zero-order valence-corrected chi connectivity index (χ0v) is 12.7. The number of thiophene rings is 1. The smallest absolute Gasteiger partial charge is 0.234 e. The molecule has 0 aromatic carbocycles. The van der Waals surface area contributed by atoms with E-state index >= 15 is 0 Å². The molecule has 3 nitrogen and oxygen atoms in total. The molecule has 0 bridgehead atoms. The molecule has 0 saturated heterocycles. The van der Waals surface area contributed by atoms with Crippen molar-refractivity contribution >= 4 is 17.2 Å². The van der Waals surface area contributed by atoms with Gasteiger partial charge in [-0.25, -0.2) is 0 Å². The number of carbonyl (C=O) groups is 1. The van der Waals surface area contributed by atoms with Gasteiger partial charge in [0, 0.05) is 22.3 Å². The van der Waals surface area contributed by atoms with Crippen LogP contribution in [0.25, 0.3) is 0 Å². The van der Waals surface area contributed by atoms with Crippen LogP contribution in [0.5, 0.6) is 0 Å². The van der Waals surface area contributed by atoms with Crippen molar-refractivity contribution in [2.24, 2.45) is 0 Å². The summed E-state index contributed by atoms with van der Waals surface area (Å²) in [6, 6.07) is 2.62. The number of aryl methyl sites for hydroxylation is 2. The molecule has 0 atom stereocenters. The van der Waals surface area contributed by atoms with Crippen LogP contribution < -0.4 is 10.6 Å². The monoisotopic (exact) mass is 280 g/mol. The minimum absolute atomic E-state index is 0.109. The van der Waals surface area contributed by atoms with Gasteiger partial charge in [-0.05, 0) is 43.7 Å². The molecular weight excluding hydrogens is 256 g/mol. The number of carbonyl (C=O) groups excluding carboxylic acids is 1. The van der Waals surface area contributed by atoms with Crippen molar-refractivity contribution in [1.29, 1.82) is 0 Å². The summed E-state index contributed by atoms with van der Waals surface area (Å²) >= 11 is 1.90. The zero-order chi connectivity index (χ0) is 13.7. The first-order valence-electron chi connectivity index (χ1n) is 7.33. The molecule has 1 amide bonds. The first-order valence-corrected chi connectivity index (χ1v) is 8.15. The lowest BCUT2D eigenvalue weighted by atomic mass is 10.2. The fourth-order valence-electron chi connectivity index (χ4n) is 2.55.